The van der Waals surface area contributed by atoms with Crippen LogP contribution in [0.25, 0.3) is 16.6 Å². The summed E-state index contributed by atoms with van der Waals surface area (Å²) in [6.07, 6.45) is -1.27. The van der Waals surface area contributed by atoms with Crippen LogP contribution in [-0.2, 0) is 11.3 Å². The molecule has 0 N–H and O–H groups in total. The Morgan fingerprint density at radius 3 is 2.43 bits per heavy atom. The number of hydrogen-bond acceptors (Lipinski definition) is 3. The zero-order valence-corrected chi connectivity index (χ0v) is 16.8. The van der Waals surface area contributed by atoms with Crippen molar-refractivity contribution >= 4 is 26.8 Å². The fourth-order valence-corrected chi connectivity index (χ4v) is 3.36. The molecule has 3 aromatic rings. The van der Waals surface area contributed by atoms with E-state index < -0.39 is 6.36 Å². The zero-order chi connectivity index (χ0) is 20.5. The van der Waals surface area contributed by atoms with Gasteiger partial charge in [-0.1, -0.05) is 0 Å². The van der Waals surface area contributed by atoms with Gasteiger partial charge in [0.15, 0.2) is 0 Å². The highest BCUT2D eigenvalue weighted by atomic mass is 79.9. The highest BCUT2D eigenvalue weighted by Crippen LogP contribution is 2.26. The Bertz CT molecular complexity index is 1020. The first-order valence-electron chi connectivity index (χ1n) is 8.53. The average Bonchev–Trinajstić information content (AvgIpc) is 3.02. The molecule has 0 amide bonds. The van der Waals surface area contributed by atoms with Crippen molar-refractivity contribution in [1.82, 2.24) is 9.13 Å². The van der Waals surface area contributed by atoms with Crippen molar-refractivity contribution in [3.63, 3.8) is 0 Å². The lowest BCUT2D eigenvalue weighted by Crippen LogP contribution is -2.21. The lowest BCUT2D eigenvalue weighted by atomic mass is 10.2. The summed E-state index contributed by atoms with van der Waals surface area (Å²) in [7, 11) is 0. The molecule has 0 atom stereocenters. The summed E-state index contributed by atoms with van der Waals surface area (Å²) in [5.74, 6) is -0.348. The molecule has 0 aliphatic rings. The van der Waals surface area contributed by atoms with Crippen LogP contribution in [0.3, 0.4) is 0 Å². The molecule has 150 valence electrons. The van der Waals surface area contributed by atoms with E-state index in [0.29, 0.717) is 28.8 Å². The van der Waals surface area contributed by atoms with E-state index in [0.717, 1.165) is 5.39 Å². The van der Waals surface area contributed by atoms with Crippen molar-refractivity contribution in [2.45, 2.75) is 32.9 Å². The molecule has 9 heteroatoms. The number of rotatable bonds is 6. The van der Waals surface area contributed by atoms with Crippen molar-refractivity contribution in [3.05, 3.63) is 57.6 Å². The molecular formula is C19H18BrF3N2O3. The third kappa shape index (κ3) is 4.59. The molecule has 0 unspecified atom stereocenters. The number of benzene rings is 1. The molecule has 0 fully saturated rings. The first-order valence-corrected chi connectivity index (χ1v) is 9.33. The van der Waals surface area contributed by atoms with Crippen LogP contribution < -0.4 is 10.3 Å². The Labute approximate surface area is 167 Å². The van der Waals surface area contributed by atoms with E-state index >= 15 is 0 Å². The molecule has 0 radical (unpaired) electrons. The van der Waals surface area contributed by atoms with Crippen LogP contribution in [0.1, 0.15) is 13.8 Å². The predicted molar refractivity (Wildman–Crippen MR) is 103 cm³/mol. The van der Waals surface area contributed by atoms with E-state index in [1.165, 1.54) is 28.8 Å². The van der Waals surface area contributed by atoms with Crippen LogP contribution in [0, 0.1) is 0 Å². The molecule has 5 nitrogen and oxygen atoms in total. The molecule has 3 rings (SSSR count). The molecule has 0 bridgehead atoms. The summed E-state index contributed by atoms with van der Waals surface area (Å²) in [5.41, 5.74) is 0.628. The summed E-state index contributed by atoms with van der Waals surface area (Å²) in [5, 5.41) is 0.753. The summed E-state index contributed by atoms with van der Waals surface area (Å²) in [4.78, 5) is 13.0. The van der Waals surface area contributed by atoms with E-state index in [1.807, 2.05) is 30.7 Å². The van der Waals surface area contributed by atoms with Crippen molar-refractivity contribution in [2.24, 2.45) is 0 Å². The molecule has 0 aliphatic carbocycles. The molecule has 0 aliphatic heterocycles. The second-order valence-corrected chi connectivity index (χ2v) is 7.24. The van der Waals surface area contributed by atoms with E-state index in [-0.39, 0.29) is 17.4 Å². The summed E-state index contributed by atoms with van der Waals surface area (Å²) in [6, 6.07) is 6.97. The predicted octanol–water partition coefficient (Wildman–Crippen LogP) is 4.88. The summed E-state index contributed by atoms with van der Waals surface area (Å²) < 4.78 is 50.3. The molecule has 2 aromatic heterocycles. The lowest BCUT2D eigenvalue weighted by molar-refractivity contribution is -0.274. The van der Waals surface area contributed by atoms with Crippen molar-refractivity contribution in [2.75, 3.05) is 6.61 Å². The second kappa shape index (κ2) is 8.00. The topological polar surface area (TPSA) is 45.4 Å². The van der Waals surface area contributed by atoms with Gasteiger partial charge in [0, 0.05) is 34.5 Å². The maximum Gasteiger partial charge on any atom is 0.573 e. The third-order valence-electron chi connectivity index (χ3n) is 4.02. The molecular weight excluding hydrogens is 441 g/mol. The van der Waals surface area contributed by atoms with Gasteiger partial charge in [-0.2, -0.15) is 0 Å². The Balaban J connectivity index is 1.98. The molecule has 0 saturated heterocycles. The van der Waals surface area contributed by atoms with Gasteiger partial charge in [-0.05, 0) is 60.1 Å². The number of fused-ring (bicyclic) bond motifs is 1. The Kier molecular flexibility index (Phi) is 5.85. The van der Waals surface area contributed by atoms with E-state index in [4.69, 9.17) is 4.74 Å². The van der Waals surface area contributed by atoms with Gasteiger partial charge in [0.05, 0.1) is 12.7 Å². The highest BCUT2D eigenvalue weighted by Gasteiger charge is 2.31. The average molecular weight is 459 g/mol. The number of halogens is 4. The maximum atomic E-state index is 13.0. The molecule has 28 heavy (non-hydrogen) atoms. The van der Waals surface area contributed by atoms with Crippen molar-refractivity contribution < 1.29 is 22.6 Å². The van der Waals surface area contributed by atoms with Crippen LogP contribution in [0.2, 0.25) is 0 Å². The SMILES string of the molecule is CC(C)OCCn1ccc2c(Br)cn(-c3ccc(OC(F)(F)F)cc3)c(=O)c21. The van der Waals surface area contributed by atoms with Crippen molar-refractivity contribution in [1.29, 1.82) is 0 Å². The lowest BCUT2D eigenvalue weighted by Gasteiger charge is -2.12. The van der Waals surface area contributed by atoms with E-state index in [1.54, 1.807) is 6.20 Å². The highest BCUT2D eigenvalue weighted by molar-refractivity contribution is 9.10. The fraction of sp³-hybridized carbons (Fsp3) is 0.316. The number of alkyl halides is 3. The smallest absolute Gasteiger partial charge is 0.406 e. The normalized spacial score (nSPS) is 12.1. The Morgan fingerprint density at radius 2 is 1.82 bits per heavy atom. The molecule has 1 aromatic carbocycles. The van der Waals surface area contributed by atoms with Crippen LogP contribution in [0.15, 0.2) is 52.0 Å². The Hall–Kier alpha value is -2.26. The van der Waals surface area contributed by atoms with Crippen LogP contribution in [0.4, 0.5) is 13.2 Å². The molecule has 0 saturated carbocycles. The maximum absolute atomic E-state index is 13.0. The van der Waals surface area contributed by atoms with E-state index in [9.17, 15) is 18.0 Å². The van der Waals surface area contributed by atoms with E-state index in [2.05, 4.69) is 20.7 Å². The van der Waals surface area contributed by atoms with Gasteiger partial charge in [-0.25, -0.2) is 0 Å². The second-order valence-electron chi connectivity index (χ2n) is 6.38. The zero-order valence-electron chi connectivity index (χ0n) is 15.2. The number of ether oxygens (including phenoxy) is 2. The van der Waals surface area contributed by atoms with Crippen LogP contribution >= 0.6 is 15.9 Å². The number of hydrogen-bond donors (Lipinski definition) is 0. The third-order valence-corrected chi connectivity index (χ3v) is 4.65. The number of nitrogens with zero attached hydrogens (tertiary/aromatic N) is 2. The monoisotopic (exact) mass is 458 g/mol. The fourth-order valence-electron chi connectivity index (χ4n) is 2.83. The van der Waals surface area contributed by atoms with Gasteiger partial charge in [-0.15, -0.1) is 13.2 Å². The van der Waals surface area contributed by atoms with Gasteiger partial charge >= 0.3 is 6.36 Å². The minimum atomic E-state index is -4.76. The first-order chi connectivity index (χ1) is 13.2. The standard InChI is InChI=1S/C19H18BrF3N2O3/c1-12(2)27-10-9-24-8-7-15-16(20)11-25(18(26)17(15)24)13-3-5-14(6-4-13)28-19(21,22)23/h3-8,11-12H,9-10H2,1-2H3. The van der Waals surface area contributed by atoms with Crippen molar-refractivity contribution in [3.8, 4) is 11.4 Å². The quantitative estimate of drug-likeness (QED) is 0.528. The first kappa shape index (κ1) is 20.5. The minimum absolute atomic E-state index is 0.0858. The molecule has 2 heterocycles. The van der Waals surface area contributed by atoms with Gasteiger partial charge in [0.1, 0.15) is 11.3 Å². The van der Waals surface area contributed by atoms with Gasteiger partial charge in [0.2, 0.25) is 0 Å². The summed E-state index contributed by atoms with van der Waals surface area (Å²) in [6.45, 7) is 4.83. The van der Waals surface area contributed by atoms with Gasteiger partial charge in [0.25, 0.3) is 5.56 Å². The van der Waals surface area contributed by atoms with Gasteiger partial charge in [-0.3, -0.25) is 9.36 Å². The Morgan fingerprint density at radius 1 is 1.14 bits per heavy atom. The number of aromatic nitrogens is 2. The summed E-state index contributed by atoms with van der Waals surface area (Å²) >= 11 is 3.46. The largest absolute Gasteiger partial charge is 0.573 e. The minimum Gasteiger partial charge on any atom is -0.406 e. The van der Waals surface area contributed by atoms with Crippen LogP contribution in [0.5, 0.6) is 5.75 Å². The van der Waals surface area contributed by atoms with Gasteiger partial charge < -0.3 is 14.0 Å². The molecule has 0 spiro atoms. The van der Waals surface area contributed by atoms with Crippen LogP contribution in [-0.4, -0.2) is 28.2 Å². The number of pyridine rings is 1.